The van der Waals surface area contributed by atoms with E-state index in [1.165, 1.54) is 12.7 Å². The third-order valence-electron chi connectivity index (χ3n) is 4.38. The summed E-state index contributed by atoms with van der Waals surface area (Å²) in [5.41, 5.74) is 3.91. The predicted molar refractivity (Wildman–Crippen MR) is 95.8 cm³/mol. The second kappa shape index (κ2) is 8.61. The van der Waals surface area contributed by atoms with E-state index in [1.807, 2.05) is 28.9 Å². The van der Waals surface area contributed by atoms with Crippen LogP contribution in [0.25, 0.3) is 0 Å². The van der Waals surface area contributed by atoms with Crippen molar-refractivity contribution in [3.05, 3.63) is 52.8 Å². The molecule has 1 amide bonds. The first-order valence-corrected chi connectivity index (χ1v) is 8.70. The number of nitrogens with one attached hydrogen (secondary N) is 1. The molecule has 0 unspecified atom stereocenters. The van der Waals surface area contributed by atoms with E-state index in [-0.39, 0.29) is 12.5 Å². The van der Waals surface area contributed by atoms with Crippen molar-refractivity contribution in [1.29, 1.82) is 5.26 Å². The van der Waals surface area contributed by atoms with Crippen LogP contribution in [0.3, 0.4) is 0 Å². The molecule has 7 nitrogen and oxygen atoms in total. The number of aromatic nitrogens is 2. The van der Waals surface area contributed by atoms with Gasteiger partial charge in [-0.1, -0.05) is 12.1 Å². The highest BCUT2D eigenvalue weighted by atomic mass is 16.5. The Hall–Kier alpha value is -2.69. The predicted octanol–water partition coefficient (Wildman–Crippen LogP) is 1.42. The topological polar surface area (TPSA) is 83.2 Å². The quantitative estimate of drug-likeness (QED) is 0.849. The molecule has 0 saturated heterocycles. The van der Waals surface area contributed by atoms with Gasteiger partial charge in [0.25, 0.3) is 0 Å². The molecule has 0 aliphatic carbocycles. The molecule has 0 radical (unpaired) electrons. The summed E-state index contributed by atoms with van der Waals surface area (Å²) in [5, 5.41) is 16.3. The van der Waals surface area contributed by atoms with Gasteiger partial charge in [-0.2, -0.15) is 10.4 Å². The number of nitrogens with zero attached hydrogens (tertiary/aromatic N) is 4. The number of methoxy groups -OCH3 is 1. The van der Waals surface area contributed by atoms with Crippen molar-refractivity contribution < 1.29 is 9.53 Å². The van der Waals surface area contributed by atoms with Gasteiger partial charge < -0.3 is 10.1 Å². The highest BCUT2D eigenvalue weighted by Gasteiger charge is 2.17. The van der Waals surface area contributed by atoms with Gasteiger partial charge in [0.2, 0.25) is 5.91 Å². The van der Waals surface area contributed by atoms with Gasteiger partial charge in [0.05, 0.1) is 29.6 Å². The molecule has 2 heterocycles. The molecule has 0 saturated carbocycles. The molecule has 1 aromatic heterocycles. The fraction of sp³-hybridized carbons (Fsp3) is 0.421. The van der Waals surface area contributed by atoms with E-state index in [0.717, 1.165) is 44.0 Å². The van der Waals surface area contributed by atoms with Crippen LogP contribution in [0.15, 0.2) is 30.3 Å². The second-order valence-corrected chi connectivity index (χ2v) is 6.43. The lowest BCUT2D eigenvalue weighted by Crippen LogP contribution is -2.26. The van der Waals surface area contributed by atoms with Gasteiger partial charge in [0.15, 0.2) is 0 Å². The molecular formula is C19H23N5O2. The highest BCUT2D eigenvalue weighted by Crippen LogP contribution is 2.16. The first kappa shape index (κ1) is 18.1. The van der Waals surface area contributed by atoms with Crippen LogP contribution in [-0.2, 0) is 35.7 Å². The molecule has 1 aliphatic heterocycles. The van der Waals surface area contributed by atoms with E-state index < -0.39 is 0 Å². The Kier molecular flexibility index (Phi) is 6.00. The number of hydrogen-bond donors (Lipinski definition) is 1. The number of fused-ring (bicyclic) bond motifs is 1. The van der Waals surface area contributed by atoms with E-state index >= 15 is 0 Å². The number of carbonyl (C=O) groups excluding carboxylic acids is 1. The lowest BCUT2D eigenvalue weighted by atomic mass is 10.1. The molecule has 2 aromatic rings. The van der Waals surface area contributed by atoms with Crippen LogP contribution in [0, 0.1) is 11.3 Å². The van der Waals surface area contributed by atoms with Gasteiger partial charge in [0, 0.05) is 33.3 Å². The Morgan fingerprint density at radius 2 is 2.15 bits per heavy atom. The van der Waals surface area contributed by atoms with Gasteiger partial charge in [-0.25, -0.2) is 0 Å². The normalized spacial score (nSPS) is 14.3. The van der Waals surface area contributed by atoms with E-state index in [0.29, 0.717) is 12.1 Å². The Morgan fingerprint density at radius 3 is 2.88 bits per heavy atom. The molecular weight excluding hydrogens is 330 g/mol. The van der Waals surface area contributed by atoms with Crippen molar-refractivity contribution >= 4 is 5.91 Å². The smallest absolute Gasteiger partial charge is 0.246 e. The molecule has 0 fully saturated rings. The van der Waals surface area contributed by atoms with Gasteiger partial charge in [0.1, 0.15) is 6.61 Å². The lowest BCUT2D eigenvalue weighted by molar-refractivity contribution is -0.124. The average molecular weight is 353 g/mol. The van der Waals surface area contributed by atoms with Crippen molar-refractivity contribution in [1.82, 2.24) is 20.0 Å². The minimum Gasteiger partial charge on any atom is -0.375 e. The van der Waals surface area contributed by atoms with Crippen LogP contribution in [0.4, 0.5) is 0 Å². The number of ether oxygens (including phenoxy) is 1. The zero-order valence-corrected chi connectivity index (χ0v) is 14.9. The lowest BCUT2D eigenvalue weighted by Gasteiger charge is -2.19. The summed E-state index contributed by atoms with van der Waals surface area (Å²) >= 11 is 0. The van der Waals surface area contributed by atoms with E-state index in [2.05, 4.69) is 27.5 Å². The Morgan fingerprint density at radius 1 is 1.35 bits per heavy atom. The summed E-state index contributed by atoms with van der Waals surface area (Å²) in [6, 6.07) is 11.9. The SMILES string of the molecule is COCC(=O)NCc1cc2n(n1)CCCN(Cc1ccc(C#N)cc1)C2. The van der Waals surface area contributed by atoms with Crippen LogP contribution in [0.5, 0.6) is 0 Å². The third kappa shape index (κ3) is 4.69. The summed E-state index contributed by atoms with van der Waals surface area (Å²) in [4.78, 5) is 13.9. The Labute approximate surface area is 153 Å². The number of nitriles is 1. The largest absolute Gasteiger partial charge is 0.375 e. The number of hydrogen-bond acceptors (Lipinski definition) is 5. The number of benzene rings is 1. The zero-order chi connectivity index (χ0) is 18.4. The van der Waals surface area contributed by atoms with Crippen molar-refractivity contribution in [2.24, 2.45) is 0 Å². The van der Waals surface area contributed by atoms with E-state index in [1.54, 1.807) is 0 Å². The minimum absolute atomic E-state index is 0.0614. The molecule has 26 heavy (non-hydrogen) atoms. The Balaban J connectivity index is 1.61. The number of amides is 1. The molecule has 0 bridgehead atoms. The average Bonchev–Trinajstić information content (AvgIpc) is 2.93. The number of rotatable bonds is 6. The maximum absolute atomic E-state index is 11.5. The summed E-state index contributed by atoms with van der Waals surface area (Å²) in [6.45, 7) is 4.02. The van der Waals surface area contributed by atoms with Crippen molar-refractivity contribution in [3.63, 3.8) is 0 Å². The minimum atomic E-state index is -0.141. The van der Waals surface area contributed by atoms with Gasteiger partial charge in [-0.3, -0.25) is 14.4 Å². The number of carbonyl (C=O) groups is 1. The highest BCUT2D eigenvalue weighted by molar-refractivity contribution is 5.77. The van der Waals surface area contributed by atoms with Gasteiger partial charge >= 0.3 is 0 Å². The van der Waals surface area contributed by atoms with Crippen LogP contribution >= 0.6 is 0 Å². The molecule has 7 heteroatoms. The molecule has 1 aliphatic rings. The van der Waals surface area contributed by atoms with E-state index in [9.17, 15) is 4.79 Å². The molecule has 0 atom stereocenters. The van der Waals surface area contributed by atoms with Crippen LogP contribution < -0.4 is 5.32 Å². The molecule has 1 N–H and O–H groups in total. The summed E-state index contributed by atoms with van der Waals surface area (Å²) < 4.78 is 6.85. The summed E-state index contributed by atoms with van der Waals surface area (Å²) in [5.74, 6) is -0.141. The van der Waals surface area contributed by atoms with Crippen molar-refractivity contribution in [3.8, 4) is 6.07 Å². The van der Waals surface area contributed by atoms with Crippen molar-refractivity contribution in [2.75, 3.05) is 20.3 Å². The van der Waals surface area contributed by atoms with Crippen LogP contribution in [0.1, 0.15) is 28.9 Å². The van der Waals surface area contributed by atoms with Crippen LogP contribution in [0.2, 0.25) is 0 Å². The first-order chi connectivity index (χ1) is 12.7. The molecule has 3 rings (SSSR count). The van der Waals surface area contributed by atoms with Gasteiger partial charge in [-0.05, 0) is 30.2 Å². The number of aryl methyl sites for hydroxylation is 1. The molecule has 1 aromatic carbocycles. The zero-order valence-electron chi connectivity index (χ0n) is 14.9. The van der Waals surface area contributed by atoms with Crippen molar-refractivity contribution in [2.45, 2.75) is 32.6 Å². The maximum atomic E-state index is 11.5. The Bertz CT molecular complexity index is 791. The van der Waals surface area contributed by atoms with E-state index in [4.69, 9.17) is 10.00 Å². The van der Waals surface area contributed by atoms with Crippen LogP contribution in [-0.4, -0.2) is 40.8 Å². The second-order valence-electron chi connectivity index (χ2n) is 6.43. The third-order valence-corrected chi connectivity index (χ3v) is 4.38. The monoisotopic (exact) mass is 353 g/mol. The first-order valence-electron chi connectivity index (χ1n) is 8.70. The fourth-order valence-corrected chi connectivity index (χ4v) is 3.12. The van der Waals surface area contributed by atoms with Gasteiger partial charge in [-0.15, -0.1) is 0 Å². The standard InChI is InChI=1S/C19H23N5O2/c1-26-14-19(25)21-11-17-9-18-13-23(7-2-8-24(18)22-17)12-16-5-3-15(10-20)4-6-16/h3-6,9H,2,7-8,11-14H2,1H3,(H,21,25). The summed E-state index contributed by atoms with van der Waals surface area (Å²) in [7, 11) is 1.50. The maximum Gasteiger partial charge on any atom is 0.246 e. The summed E-state index contributed by atoms with van der Waals surface area (Å²) in [6.07, 6.45) is 1.03. The molecule has 136 valence electrons. The molecule has 0 spiro atoms. The fourth-order valence-electron chi connectivity index (χ4n) is 3.12.